The van der Waals surface area contributed by atoms with E-state index in [1.54, 1.807) is 0 Å². The summed E-state index contributed by atoms with van der Waals surface area (Å²) in [5.41, 5.74) is 6.63. The van der Waals surface area contributed by atoms with Crippen LogP contribution in [0, 0.1) is 11.3 Å². The number of nitrogens with two attached hydrogens (primary N) is 1. The van der Waals surface area contributed by atoms with E-state index < -0.39 is 0 Å². The Bertz CT molecular complexity index is 204. The van der Waals surface area contributed by atoms with E-state index >= 15 is 0 Å². The third-order valence-electron chi connectivity index (χ3n) is 3.89. The zero-order valence-corrected chi connectivity index (χ0v) is 11.3. The Kier molecular flexibility index (Phi) is 4.77. The Hall–Kier alpha value is -0.120. The summed E-state index contributed by atoms with van der Waals surface area (Å²) >= 11 is 0. The predicted octanol–water partition coefficient (Wildman–Crippen LogP) is 1.77. The van der Waals surface area contributed by atoms with Crippen molar-refractivity contribution >= 4 is 0 Å². The van der Waals surface area contributed by atoms with Crippen molar-refractivity contribution in [3.05, 3.63) is 0 Å². The molecule has 3 heteroatoms. The van der Waals surface area contributed by atoms with Crippen LogP contribution in [-0.2, 0) is 4.74 Å². The van der Waals surface area contributed by atoms with Crippen molar-refractivity contribution in [2.75, 3.05) is 26.3 Å². The Morgan fingerprint density at radius 1 is 1.31 bits per heavy atom. The molecule has 1 aliphatic heterocycles. The molecule has 1 heterocycles. The Labute approximate surface area is 100 Å². The molecule has 0 saturated carbocycles. The average molecular weight is 228 g/mol. The minimum Gasteiger partial charge on any atom is -0.381 e. The van der Waals surface area contributed by atoms with Crippen LogP contribution in [0.3, 0.4) is 0 Å². The SMILES string of the molecule is CC(CNCC1(N)CCOCC1)C(C)(C)C. The Morgan fingerprint density at radius 3 is 2.38 bits per heavy atom. The minimum atomic E-state index is -0.0458. The maximum atomic E-state index is 6.31. The minimum absolute atomic E-state index is 0.0458. The third-order valence-corrected chi connectivity index (χ3v) is 3.89. The molecular formula is C13H28N2O. The first kappa shape index (κ1) is 13.9. The van der Waals surface area contributed by atoms with Crippen molar-refractivity contribution < 1.29 is 4.74 Å². The van der Waals surface area contributed by atoms with Crippen LogP contribution in [0.2, 0.25) is 0 Å². The van der Waals surface area contributed by atoms with Crippen molar-refractivity contribution in [2.45, 2.75) is 46.1 Å². The fourth-order valence-electron chi connectivity index (χ4n) is 1.80. The number of nitrogens with one attached hydrogen (secondary N) is 1. The van der Waals surface area contributed by atoms with E-state index in [0.717, 1.165) is 39.1 Å². The standard InChI is InChI=1S/C13H28N2O/c1-11(12(2,3)4)9-15-10-13(14)5-7-16-8-6-13/h11,15H,5-10,14H2,1-4H3. The van der Waals surface area contributed by atoms with Gasteiger partial charge >= 0.3 is 0 Å². The van der Waals surface area contributed by atoms with E-state index in [1.807, 2.05) is 0 Å². The summed E-state index contributed by atoms with van der Waals surface area (Å²) in [6, 6.07) is 0. The van der Waals surface area contributed by atoms with Crippen molar-refractivity contribution in [3.63, 3.8) is 0 Å². The van der Waals surface area contributed by atoms with E-state index in [9.17, 15) is 0 Å². The molecule has 0 aromatic carbocycles. The van der Waals surface area contributed by atoms with Crippen LogP contribution >= 0.6 is 0 Å². The topological polar surface area (TPSA) is 47.3 Å². The van der Waals surface area contributed by atoms with Crippen LogP contribution in [0.5, 0.6) is 0 Å². The van der Waals surface area contributed by atoms with Gasteiger partial charge in [0.2, 0.25) is 0 Å². The van der Waals surface area contributed by atoms with E-state index in [0.29, 0.717) is 11.3 Å². The second-order valence-corrected chi connectivity index (χ2v) is 6.37. The summed E-state index contributed by atoms with van der Waals surface area (Å²) in [6.45, 7) is 12.7. The van der Waals surface area contributed by atoms with Crippen LogP contribution in [0.15, 0.2) is 0 Å². The zero-order valence-electron chi connectivity index (χ0n) is 11.3. The Balaban J connectivity index is 2.24. The van der Waals surface area contributed by atoms with Crippen LogP contribution in [-0.4, -0.2) is 31.8 Å². The lowest BCUT2D eigenvalue weighted by Crippen LogP contribution is -2.53. The Morgan fingerprint density at radius 2 is 1.88 bits per heavy atom. The fraction of sp³-hybridized carbons (Fsp3) is 1.00. The van der Waals surface area contributed by atoms with Crippen LogP contribution < -0.4 is 11.1 Å². The second-order valence-electron chi connectivity index (χ2n) is 6.37. The molecule has 0 spiro atoms. The van der Waals surface area contributed by atoms with E-state index in [1.165, 1.54) is 0 Å². The maximum Gasteiger partial charge on any atom is 0.0484 e. The van der Waals surface area contributed by atoms with E-state index in [2.05, 4.69) is 33.0 Å². The fourth-order valence-corrected chi connectivity index (χ4v) is 1.80. The molecule has 1 atom stereocenters. The van der Waals surface area contributed by atoms with Crippen molar-refractivity contribution in [3.8, 4) is 0 Å². The zero-order chi connectivity index (χ0) is 12.2. The van der Waals surface area contributed by atoms with Crippen molar-refractivity contribution in [2.24, 2.45) is 17.1 Å². The smallest absolute Gasteiger partial charge is 0.0484 e. The maximum absolute atomic E-state index is 6.31. The van der Waals surface area contributed by atoms with Gasteiger partial charge in [-0.05, 0) is 30.7 Å². The van der Waals surface area contributed by atoms with Gasteiger partial charge in [0.15, 0.2) is 0 Å². The summed E-state index contributed by atoms with van der Waals surface area (Å²) in [4.78, 5) is 0. The molecule has 0 aliphatic carbocycles. The molecule has 0 amide bonds. The van der Waals surface area contributed by atoms with Gasteiger partial charge in [-0.3, -0.25) is 0 Å². The number of hydrogen-bond acceptors (Lipinski definition) is 3. The molecule has 3 N–H and O–H groups in total. The summed E-state index contributed by atoms with van der Waals surface area (Å²) in [6.07, 6.45) is 1.95. The highest BCUT2D eigenvalue weighted by atomic mass is 16.5. The van der Waals surface area contributed by atoms with Gasteiger partial charge in [0.25, 0.3) is 0 Å². The lowest BCUT2D eigenvalue weighted by molar-refractivity contribution is 0.0524. The molecule has 1 saturated heterocycles. The van der Waals surface area contributed by atoms with Gasteiger partial charge in [-0.1, -0.05) is 27.7 Å². The highest BCUT2D eigenvalue weighted by Gasteiger charge is 2.28. The molecule has 3 nitrogen and oxygen atoms in total. The van der Waals surface area contributed by atoms with Gasteiger partial charge in [-0.15, -0.1) is 0 Å². The van der Waals surface area contributed by atoms with Gasteiger partial charge in [0.1, 0.15) is 0 Å². The van der Waals surface area contributed by atoms with Crippen molar-refractivity contribution in [1.82, 2.24) is 5.32 Å². The van der Waals surface area contributed by atoms with Gasteiger partial charge in [-0.2, -0.15) is 0 Å². The summed E-state index contributed by atoms with van der Waals surface area (Å²) in [5, 5.41) is 3.52. The quantitative estimate of drug-likeness (QED) is 0.771. The molecular weight excluding hydrogens is 200 g/mol. The largest absolute Gasteiger partial charge is 0.381 e. The second kappa shape index (κ2) is 5.48. The molecule has 1 aliphatic rings. The first-order valence-corrected chi connectivity index (χ1v) is 6.41. The third kappa shape index (κ3) is 4.40. The summed E-state index contributed by atoms with van der Waals surface area (Å²) < 4.78 is 5.34. The van der Waals surface area contributed by atoms with Gasteiger partial charge in [0, 0.05) is 25.3 Å². The average Bonchev–Trinajstić information content (AvgIpc) is 2.17. The lowest BCUT2D eigenvalue weighted by Gasteiger charge is -2.35. The highest BCUT2D eigenvalue weighted by molar-refractivity contribution is 4.89. The molecule has 1 rings (SSSR count). The summed E-state index contributed by atoms with van der Waals surface area (Å²) in [5.74, 6) is 0.663. The van der Waals surface area contributed by atoms with E-state index in [-0.39, 0.29) is 5.54 Å². The van der Waals surface area contributed by atoms with Gasteiger partial charge in [0.05, 0.1) is 0 Å². The number of ether oxygens (including phenoxy) is 1. The highest BCUT2D eigenvalue weighted by Crippen LogP contribution is 2.24. The monoisotopic (exact) mass is 228 g/mol. The first-order valence-electron chi connectivity index (χ1n) is 6.41. The van der Waals surface area contributed by atoms with Crippen LogP contribution in [0.1, 0.15) is 40.5 Å². The molecule has 0 bridgehead atoms. The normalized spacial score (nSPS) is 23.1. The van der Waals surface area contributed by atoms with E-state index in [4.69, 9.17) is 10.5 Å². The number of hydrogen-bond donors (Lipinski definition) is 2. The lowest BCUT2D eigenvalue weighted by atomic mass is 9.82. The van der Waals surface area contributed by atoms with Gasteiger partial charge < -0.3 is 15.8 Å². The van der Waals surface area contributed by atoms with Crippen LogP contribution in [0.25, 0.3) is 0 Å². The molecule has 96 valence electrons. The molecule has 1 fully saturated rings. The first-order chi connectivity index (χ1) is 7.33. The molecule has 0 aromatic heterocycles. The number of rotatable bonds is 4. The molecule has 0 aromatic rings. The molecule has 1 unspecified atom stereocenters. The van der Waals surface area contributed by atoms with Crippen LogP contribution in [0.4, 0.5) is 0 Å². The molecule has 0 radical (unpaired) electrons. The van der Waals surface area contributed by atoms with Crippen molar-refractivity contribution in [1.29, 1.82) is 0 Å². The summed E-state index contributed by atoms with van der Waals surface area (Å²) in [7, 11) is 0. The predicted molar refractivity (Wildman–Crippen MR) is 68.5 cm³/mol. The molecule has 16 heavy (non-hydrogen) atoms. The van der Waals surface area contributed by atoms with Gasteiger partial charge in [-0.25, -0.2) is 0 Å².